The fourth-order valence-electron chi connectivity index (χ4n) is 3.52. The lowest BCUT2D eigenvalue weighted by Crippen LogP contribution is -2.38. The van der Waals surface area contributed by atoms with Crippen molar-refractivity contribution in [2.75, 3.05) is 5.73 Å². The van der Waals surface area contributed by atoms with E-state index in [0.717, 1.165) is 29.7 Å². The summed E-state index contributed by atoms with van der Waals surface area (Å²) in [6.45, 7) is 0.366. The largest absolute Gasteiger partial charge is 0.383 e. The van der Waals surface area contributed by atoms with Crippen molar-refractivity contribution < 1.29 is 4.39 Å². The molecule has 136 valence electrons. The first-order chi connectivity index (χ1) is 13.2. The molecule has 5 rings (SSSR count). The van der Waals surface area contributed by atoms with Gasteiger partial charge in [-0.2, -0.15) is 5.01 Å². The number of aliphatic imine (C=N–C) groups is 1. The van der Waals surface area contributed by atoms with Crippen LogP contribution in [0.4, 0.5) is 10.2 Å². The third kappa shape index (κ3) is 2.90. The standard InChI is InChI=1S/C20H19FN6/c21-16-6-2-1-4-13(16)11-27-20-14(5-3-9-23-20)17(26-27)19-24-10-15(12-7-8-12)18(22)25-19/h1-6,9-10,12,20,26H,7-8,11H2,(H2,22,24,25). The van der Waals surface area contributed by atoms with Gasteiger partial charge in [0, 0.05) is 35.7 Å². The molecule has 27 heavy (non-hydrogen) atoms. The third-order valence-electron chi connectivity index (χ3n) is 5.09. The van der Waals surface area contributed by atoms with E-state index >= 15 is 0 Å². The summed E-state index contributed by atoms with van der Waals surface area (Å²) in [6.07, 6.45) is 9.48. The van der Waals surface area contributed by atoms with Crippen LogP contribution in [0.15, 0.2) is 53.2 Å². The maximum Gasteiger partial charge on any atom is 0.179 e. The average molecular weight is 362 g/mol. The number of fused-ring (bicyclic) bond motifs is 1. The van der Waals surface area contributed by atoms with Gasteiger partial charge < -0.3 is 11.2 Å². The van der Waals surface area contributed by atoms with Crippen LogP contribution >= 0.6 is 0 Å². The summed E-state index contributed by atoms with van der Waals surface area (Å²) in [4.78, 5) is 13.6. The molecule has 1 unspecified atom stereocenters. The molecule has 2 aromatic rings. The zero-order chi connectivity index (χ0) is 18.4. The molecule has 1 fully saturated rings. The van der Waals surface area contributed by atoms with Gasteiger partial charge in [0.25, 0.3) is 0 Å². The van der Waals surface area contributed by atoms with Crippen molar-refractivity contribution in [1.29, 1.82) is 0 Å². The fraction of sp³-hybridized carbons (Fsp3) is 0.250. The highest BCUT2D eigenvalue weighted by molar-refractivity contribution is 5.79. The number of allylic oxidation sites excluding steroid dienone is 1. The number of nitrogens with one attached hydrogen (secondary N) is 1. The summed E-state index contributed by atoms with van der Waals surface area (Å²) in [5.74, 6) is 1.33. The van der Waals surface area contributed by atoms with E-state index in [9.17, 15) is 4.39 Å². The number of hydrogen-bond acceptors (Lipinski definition) is 6. The number of hydrazine groups is 1. The fourth-order valence-corrected chi connectivity index (χ4v) is 3.52. The molecule has 0 radical (unpaired) electrons. The number of aromatic nitrogens is 2. The van der Waals surface area contributed by atoms with E-state index in [1.807, 2.05) is 29.4 Å². The molecule has 1 saturated carbocycles. The van der Waals surface area contributed by atoms with Gasteiger partial charge in [0.05, 0.1) is 0 Å². The van der Waals surface area contributed by atoms with Crippen LogP contribution in [0.2, 0.25) is 0 Å². The Morgan fingerprint density at radius 3 is 2.89 bits per heavy atom. The van der Waals surface area contributed by atoms with Crippen LogP contribution < -0.4 is 11.2 Å². The maximum atomic E-state index is 14.1. The number of hydrogen-bond donors (Lipinski definition) is 2. The first-order valence-electron chi connectivity index (χ1n) is 9.04. The summed E-state index contributed by atoms with van der Waals surface area (Å²) in [5, 5.41) is 1.89. The van der Waals surface area contributed by atoms with E-state index in [0.29, 0.717) is 29.7 Å². The Bertz CT molecular complexity index is 992. The molecule has 1 aromatic carbocycles. The Morgan fingerprint density at radius 2 is 2.11 bits per heavy atom. The molecule has 3 aliphatic rings. The molecule has 1 aromatic heterocycles. The minimum Gasteiger partial charge on any atom is -0.383 e. The lowest BCUT2D eigenvalue weighted by Gasteiger charge is -2.24. The summed E-state index contributed by atoms with van der Waals surface area (Å²) < 4.78 is 14.1. The second kappa shape index (κ2) is 6.28. The number of dihydropyridines is 1. The topological polar surface area (TPSA) is 79.4 Å². The lowest BCUT2D eigenvalue weighted by molar-refractivity contribution is 0.193. The summed E-state index contributed by atoms with van der Waals surface area (Å²) in [7, 11) is 0. The quantitative estimate of drug-likeness (QED) is 0.874. The van der Waals surface area contributed by atoms with Crippen molar-refractivity contribution in [2.45, 2.75) is 31.5 Å². The van der Waals surface area contributed by atoms with Gasteiger partial charge in [0.2, 0.25) is 0 Å². The van der Waals surface area contributed by atoms with Gasteiger partial charge in [-0.25, -0.2) is 14.4 Å². The average Bonchev–Trinajstić information content (AvgIpc) is 3.46. The Balaban J connectivity index is 1.47. The number of halogens is 1. The van der Waals surface area contributed by atoms with Crippen molar-refractivity contribution >= 4 is 17.7 Å². The first-order valence-corrected chi connectivity index (χ1v) is 9.04. The molecule has 0 bridgehead atoms. The number of nitrogens with zero attached hydrogens (tertiary/aromatic N) is 4. The Labute approximate surface area is 156 Å². The van der Waals surface area contributed by atoms with E-state index < -0.39 is 0 Å². The highest BCUT2D eigenvalue weighted by Crippen LogP contribution is 2.42. The molecule has 3 N–H and O–H groups in total. The van der Waals surface area contributed by atoms with Gasteiger partial charge in [-0.15, -0.1) is 0 Å². The molecule has 6 nitrogen and oxygen atoms in total. The minimum absolute atomic E-state index is 0.237. The first kappa shape index (κ1) is 16.1. The summed E-state index contributed by atoms with van der Waals surface area (Å²) in [5.41, 5.74) is 12.8. The van der Waals surface area contributed by atoms with Crippen LogP contribution in [0.25, 0.3) is 5.70 Å². The number of nitrogens with two attached hydrogens (primary N) is 1. The van der Waals surface area contributed by atoms with Gasteiger partial charge in [-0.3, -0.25) is 4.99 Å². The molecule has 1 atom stereocenters. The minimum atomic E-state index is -0.252. The van der Waals surface area contributed by atoms with E-state index in [1.54, 1.807) is 18.3 Å². The number of rotatable bonds is 4. The van der Waals surface area contributed by atoms with E-state index in [-0.39, 0.29) is 12.0 Å². The highest BCUT2D eigenvalue weighted by atomic mass is 19.1. The monoisotopic (exact) mass is 362 g/mol. The third-order valence-corrected chi connectivity index (χ3v) is 5.09. The van der Waals surface area contributed by atoms with Gasteiger partial charge >= 0.3 is 0 Å². The zero-order valence-electron chi connectivity index (χ0n) is 14.6. The summed E-state index contributed by atoms with van der Waals surface area (Å²) >= 11 is 0. The van der Waals surface area contributed by atoms with Gasteiger partial charge in [-0.1, -0.05) is 24.3 Å². The highest BCUT2D eigenvalue weighted by Gasteiger charge is 2.34. The summed E-state index contributed by atoms with van der Waals surface area (Å²) in [6, 6.07) is 6.75. The predicted octanol–water partition coefficient (Wildman–Crippen LogP) is 2.77. The predicted molar refractivity (Wildman–Crippen MR) is 102 cm³/mol. The van der Waals surface area contributed by atoms with Gasteiger partial charge in [-0.05, 0) is 30.9 Å². The number of anilines is 1. The van der Waals surface area contributed by atoms with Crippen molar-refractivity contribution in [3.8, 4) is 0 Å². The van der Waals surface area contributed by atoms with E-state index in [1.165, 1.54) is 6.07 Å². The van der Waals surface area contributed by atoms with Crippen LogP contribution in [-0.2, 0) is 6.54 Å². The lowest BCUT2D eigenvalue weighted by atomic mass is 10.1. The molecule has 2 aliphatic heterocycles. The van der Waals surface area contributed by atoms with Crippen molar-refractivity contribution in [2.24, 2.45) is 4.99 Å². The molecule has 7 heteroatoms. The van der Waals surface area contributed by atoms with Crippen molar-refractivity contribution in [1.82, 2.24) is 20.4 Å². The SMILES string of the molecule is Nc1nc(C2=C3C=CC=NC3N(Cc3ccccc3F)N2)ncc1C1CC1. The van der Waals surface area contributed by atoms with Crippen LogP contribution in [0.5, 0.6) is 0 Å². The van der Waals surface area contributed by atoms with Crippen LogP contribution in [-0.4, -0.2) is 27.4 Å². The van der Waals surface area contributed by atoms with Gasteiger partial charge in [0.1, 0.15) is 23.5 Å². The van der Waals surface area contributed by atoms with E-state index in [4.69, 9.17) is 5.73 Å². The Kier molecular flexibility index (Phi) is 3.75. The molecular formula is C20H19FN6. The number of nitrogen functional groups attached to an aromatic ring is 1. The van der Waals surface area contributed by atoms with Gasteiger partial charge in [0.15, 0.2) is 5.82 Å². The molecule has 0 amide bonds. The molecule has 3 heterocycles. The smallest absolute Gasteiger partial charge is 0.179 e. The Morgan fingerprint density at radius 1 is 1.26 bits per heavy atom. The second-order valence-electron chi connectivity index (χ2n) is 7.00. The molecule has 0 saturated heterocycles. The van der Waals surface area contributed by atoms with Crippen molar-refractivity contribution in [3.05, 3.63) is 71.0 Å². The normalized spacial score (nSPS) is 21.4. The maximum absolute atomic E-state index is 14.1. The zero-order valence-corrected chi connectivity index (χ0v) is 14.6. The molecule has 1 aliphatic carbocycles. The molecule has 0 spiro atoms. The van der Waals surface area contributed by atoms with Crippen LogP contribution in [0.3, 0.4) is 0 Å². The van der Waals surface area contributed by atoms with Crippen molar-refractivity contribution in [3.63, 3.8) is 0 Å². The Hall–Kier alpha value is -3.06. The van der Waals surface area contributed by atoms with Crippen LogP contribution in [0, 0.1) is 5.82 Å². The van der Waals surface area contributed by atoms with Crippen LogP contribution in [0.1, 0.15) is 35.7 Å². The number of benzene rings is 1. The second-order valence-corrected chi connectivity index (χ2v) is 7.00. The molecular weight excluding hydrogens is 343 g/mol. The van der Waals surface area contributed by atoms with E-state index in [2.05, 4.69) is 20.4 Å².